The Kier molecular flexibility index (Phi) is 3.24. The molecule has 1 fully saturated rings. The third-order valence-electron chi connectivity index (χ3n) is 4.10. The van der Waals surface area contributed by atoms with E-state index in [1.165, 1.54) is 6.07 Å². The van der Waals surface area contributed by atoms with Crippen molar-refractivity contribution in [3.63, 3.8) is 0 Å². The van der Waals surface area contributed by atoms with E-state index in [-0.39, 0.29) is 20.8 Å². The second-order valence-corrected chi connectivity index (χ2v) is 6.61. The Hall–Kier alpha value is -1.71. The van der Waals surface area contributed by atoms with Crippen molar-refractivity contribution in [3.8, 4) is 0 Å². The van der Waals surface area contributed by atoms with Crippen molar-refractivity contribution in [1.29, 1.82) is 0 Å². The van der Waals surface area contributed by atoms with Crippen LogP contribution in [0.3, 0.4) is 0 Å². The minimum atomic E-state index is -0.146. The molecular weight excluding hydrogens is 332 g/mol. The summed E-state index contributed by atoms with van der Waals surface area (Å²) in [5, 5.41) is 3.56. The summed E-state index contributed by atoms with van der Waals surface area (Å²) in [7, 11) is 0. The second-order valence-electron chi connectivity index (χ2n) is 5.50. The summed E-state index contributed by atoms with van der Waals surface area (Å²) in [5.41, 5.74) is 4.19. The van der Waals surface area contributed by atoms with Crippen molar-refractivity contribution in [2.24, 2.45) is 0 Å². The van der Waals surface area contributed by atoms with Crippen LogP contribution in [0.25, 0.3) is 11.0 Å². The molecule has 5 heteroatoms. The van der Waals surface area contributed by atoms with Gasteiger partial charge in [-0.15, -0.1) is 0 Å². The summed E-state index contributed by atoms with van der Waals surface area (Å²) in [6, 6.07) is 13.5. The van der Waals surface area contributed by atoms with E-state index in [0.29, 0.717) is 12.0 Å². The number of benzene rings is 2. The number of anilines is 1. The van der Waals surface area contributed by atoms with Gasteiger partial charge >= 0.3 is 128 Å². The number of nitrogens with one attached hydrogen (secondary N) is 1. The Labute approximate surface area is 128 Å². The van der Waals surface area contributed by atoms with Gasteiger partial charge in [0.05, 0.1) is 0 Å². The molecule has 0 spiro atoms. The first-order valence-electron chi connectivity index (χ1n) is 7.03. The van der Waals surface area contributed by atoms with Crippen molar-refractivity contribution < 1.29 is 4.39 Å². The van der Waals surface area contributed by atoms with Gasteiger partial charge in [-0.2, -0.15) is 0 Å². The zero-order valence-corrected chi connectivity index (χ0v) is 13.0. The van der Waals surface area contributed by atoms with Gasteiger partial charge in [-0.25, -0.2) is 0 Å². The van der Waals surface area contributed by atoms with Crippen LogP contribution in [-0.2, 0) is 0 Å². The molecule has 3 aromatic rings. The summed E-state index contributed by atoms with van der Waals surface area (Å²) in [6.07, 6.45) is 2.07. The molecule has 1 N–H and O–H groups in total. The quantitative estimate of drug-likeness (QED) is 0.741. The van der Waals surface area contributed by atoms with Gasteiger partial charge in [0.2, 0.25) is 0 Å². The summed E-state index contributed by atoms with van der Waals surface area (Å²) >= 11 is 0.00380. The zero-order valence-electron chi connectivity index (χ0n) is 11.3. The molecule has 0 amide bonds. The van der Waals surface area contributed by atoms with Gasteiger partial charge in [0.25, 0.3) is 0 Å². The van der Waals surface area contributed by atoms with E-state index in [1.807, 2.05) is 18.2 Å². The van der Waals surface area contributed by atoms with E-state index in [2.05, 4.69) is 19.3 Å². The van der Waals surface area contributed by atoms with E-state index in [4.69, 9.17) is 0 Å². The topological polar surface area (TPSA) is 37.8 Å². The molecule has 1 heterocycles. The predicted molar refractivity (Wildman–Crippen MR) is 82.3 cm³/mol. The fraction of sp³-hybridized carbons (Fsp3) is 0.250. The van der Waals surface area contributed by atoms with Crippen LogP contribution in [0.1, 0.15) is 24.3 Å². The van der Waals surface area contributed by atoms with E-state index < -0.39 is 0 Å². The molecule has 0 aliphatic heterocycles. The maximum absolute atomic E-state index is 13.2. The first-order valence-corrected chi connectivity index (χ1v) is 8.56. The monoisotopic (exact) mass is 347 g/mol. The summed E-state index contributed by atoms with van der Waals surface area (Å²) in [5.74, 6) is 0.313. The van der Waals surface area contributed by atoms with Crippen molar-refractivity contribution in [1.82, 2.24) is 7.96 Å². The molecule has 3 nitrogen and oxygen atoms in total. The molecular formula is C16H14FN3Se. The Balaban J connectivity index is 1.46. The van der Waals surface area contributed by atoms with Crippen LogP contribution >= 0.6 is 0 Å². The minimum absolute atomic E-state index is 0.00380. The number of rotatable bonds is 3. The molecule has 0 saturated heterocycles. The first-order chi connectivity index (χ1) is 10.3. The average molecular weight is 346 g/mol. The SMILES string of the molecule is Fc1cccc(C2CC(Nc3cccc4n[se]nc34)C2)c1. The van der Waals surface area contributed by atoms with Gasteiger partial charge in [-0.1, -0.05) is 0 Å². The van der Waals surface area contributed by atoms with Crippen LogP contribution in [-0.4, -0.2) is 29.0 Å². The first kappa shape index (κ1) is 13.0. The van der Waals surface area contributed by atoms with Crippen molar-refractivity contribution in [2.45, 2.75) is 24.8 Å². The second kappa shape index (κ2) is 5.24. The van der Waals surface area contributed by atoms with Crippen LogP contribution in [0.15, 0.2) is 42.5 Å². The molecule has 2 aromatic carbocycles. The van der Waals surface area contributed by atoms with Crippen LogP contribution in [0.2, 0.25) is 0 Å². The normalized spacial score (nSPS) is 21.2. The van der Waals surface area contributed by atoms with E-state index in [9.17, 15) is 4.39 Å². The van der Waals surface area contributed by atoms with Crippen molar-refractivity contribution in [3.05, 3.63) is 53.8 Å². The van der Waals surface area contributed by atoms with Gasteiger partial charge in [-0.05, 0) is 0 Å². The number of nitrogens with zero attached hydrogens (tertiary/aromatic N) is 2. The third kappa shape index (κ3) is 2.47. The van der Waals surface area contributed by atoms with Gasteiger partial charge < -0.3 is 0 Å². The Morgan fingerprint density at radius 3 is 2.81 bits per heavy atom. The Morgan fingerprint density at radius 1 is 1.10 bits per heavy atom. The molecule has 21 heavy (non-hydrogen) atoms. The standard InChI is InChI=1S/C16H14FN3Se/c17-12-4-1-3-10(7-12)11-8-13(9-11)18-14-5-2-6-15-16(14)20-21-19-15/h1-7,11,13,18H,8-9H2. The number of aromatic nitrogens is 2. The van der Waals surface area contributed by atoms with Gasteiger partial charge in [0, 0.05) is 0 Å². The van der Waals surface area contributed by atoms with E-state index in [0.717, 1.165) is 35.1 Å². The van der Waals surface area contributed by atoms with Crippen LogP contribution in [0.4, 0.5) is 10.1 Å². The summed E-state index contributed by atoms with van der Waals surface area (Å²) in [6.45, 7) is 0. The van der Waals surface area contributed by atoms with Crippen LogP contribution in [0.5, 0.6) is 0 Å². The van der Waals surface area contributed by atoms with E-state index >= 15 is 0 Å². The molecule has 106 valence electrons. The Morgan fingerprint density at radius 2 is 1.95 bits per heavy atom. The van der Waals surface area contributed by atoms with Gasteiger partial charge in [-0.3, -0.25) is 0 Å². The number of hydrogen-bond acceptors (Lipinski definition) is 3. The molecule has 0 unspecified atom stereocenters. The molecule has 0 atom stereocenters. The number of hydrogen-bond donors (Lipinski definition) is 1. The molecule has 0 bridgehead atoms. The van der Waals surface area contributed by atoms with Gasteiger partial charge in [0.15, 0.2) is 0 Å². The maximum atomic E-state index is 13.2. The van der Waals surface area contributed by atoms with Gasteiger partial charge in [0.1, 0.15) is 0 Å². The van der Waals surface area contributed by atoms with Crippen molar-refractivity contribution >= 4 is 31.7 Å². The predicted octanol–water partition coefficient (Wildman–Crippen LogP) is 3.18. The van der Waals surface area contributed by atoms with Crippen LogP contribution in [0, 0.1) is 5.82 Å². The summed E-state index contributed by atoms with van der Waals surface area (Å²) in [4.78, 5) is 0. The molecule has 1 saturated carbocycles. The molecule has 1 aliphatic rings. The fourth-order valence-electron chi connectivity index (χ4n) is 2.91. The number of halogens is 1. The van der Waals surface area contributed by atoms with Crippen LogP contribution < -0.4 is 5.32 Å². The summed E-state index contributed by atoms with van der Waals surface area (Å²) < 4.78 is 22.1. The Bertz CT molecular complexity index is 780. The average Bonchev–Trinajstić information content (AvgIpc) is 2.91. The van der Waals surface area contributed by atoms with Crippen molar-refractivity contribution in [2.75, 3.05) is 5.32 Å². The molecule has 4 rings (SSSR count). The fourth-order valence-corrected chi connectivity index (χ4v) is 4.06. The van der Waals surface area contributed by atoms with E-state index in [1.54, 1.807) is 12.1 Å². The zero-order chi connectivity index (χ0) is 14.2. The third-order valence-corrected chi connectivity index (χ3v) is 5.24. The number of fused-ring (bicyclic) bond motifs is 1. The molecule has 1 aliphatic carbocycles. The molecule has 0 radical (unpaired) electrons. The molecule has 1 aromatic heterocycles.